The Morgan fingerprint density at radius 2 is 1.72 bits per heavy atom. The molecule has 0 saturated carbocycles. The highest BCUT2D eigenvalue weighted by atomic mass is 19.4. The molecule has 136 valence electrons. The molecule has 1 aromatic carbocycles. The summed E-state index contributed by atoms with van der Waals surface area (Å²) in [6.45, 7) is 8.31. The number of ether oxygens (including phenoxy) is 1. The first-order valence-corrected chi connectivity index (χ1v) is 8.15. The third kappa shape index (κ3) is 4.45. The predicted molar refractivity (Wildman–Crippen MR) is 88.7 cm³/mol. The Bertz CT molecular complexity index is 684. The molecule has 0 radical (unpaired) electrons. The van der Waals surface area contributed by atoms with Crippen molar-refractivity contribution in [3.63, 3.8) is 0 Å². The summed E-state index contributed by atoms with van der Waals surface area (Å²) >= 11 is 0. The van der Waals surface area contributed by atoms with Crippen molar-refractivity contribution >= 4 is 5.69 Å². The summed E-state index contributed by atoms with van der Waals surface area (Å²) in [4.78, 5) is 4.62. The molecule has 0 spiro atoms. The highest BCUT2D eigenvalue weighted by Gasteiger charge is 2.31. The van der Waals surface area contributed by atoms with Gasteiger partial charge in [-0.25, -0.2) is 0 Å². The van der Waals surface area contributed by atoms with Crippen molar-refractivity contribution in [2.24, 2.45) is 0 Å². The second-order valence-corrected chi connectivity index (χ2v) is 6.24. The number of nitrogens with zero attached hydrogens (tertiary/aromatic N) is 3. The molecule has 8 heteroatoms. The van der Waals surface area contributed by atoms with Gasteiger partial charge in [-0.2, -0.15) is 5.10 Å². The van der Waals surface area contributed by atoms with Gasteiger partial charge in [0, 0.05) is 32.7 Å². The van der Waals surface area contributed by atoms with Gasteiger partial charge in [0.15, 0.2) is 0 Å². The van der Waals surface area contributed by atoms with E-state index in [1.807, 2.05) is 13.8 Å². The van der Waals surface area contributed by atoms with E-state index in [1.165, 1.54) is 17.8 Å². The molecule has 1 aliphatic heterocycles. The topological polar surface area (TPSA) is 44.4 Å². The van der Waals surface area contributed by atoms with E-state index in [2.05, 4.69) is 24.7 Å². The van der Waals surface area contributed by atoms with Crippen molar-refractivity contribution in [1.82, 2.24) is 15.1 Å². The fourth-order valence-corrected chi connectivity index (χ4v) is 3.20. The summed E-state index contributed by atoms with van der Waals surface area (Å²) < 4.78 is 40.4. The maximum absolute atomic E-state index is 12.2. The molecule has 1 aromatic heterocycles. The third-order valence-electron chi connectivity index (χ3n) is 4.34. The van der Waals surface area contributed by atoms with Crippen LogP contribution in [-0.2, 0) is 6.54 Å². The molecule has 0 unspecified atom stereocenters. The molecular weight excluding hydrogens is 333 g/mol. The molecule has 2 heterocycles. The first kappa shape index (κ1) is 17.6. The molecule has 0 bridgehead atoms. The third-order valence-corrected chi connectivity index (χ3v) is 4.34. The fraction of sp³-hybridized carbons (Fsp3) is 0.471. The SMILES string of the molecule is Cc1n[nH]c(C)c1N1CCN(Cc2ccc(OC(F)(F)F)cc2)CC1. The number of alkyl halides is 3. The number of aromatic amines is 1. The molecule has 5 nitrogen and oxygen atoms in total. The van der Waals surface area contributed by atoms with Gasteiger partial charge >= 0.3 is 6.36 Å². The number of aromatic nitrogens is 2. The van der Waals surface area contributed by atoms with Crippen molar-refractivity contribution in [1.29, 1.82) is 0 Å². The molecular formula is C17H21F3N4O. The lowest BCUT2D eigenvalue weighted by Gasteiger charge is -2.36. The van der Waals surface area contributed by atoms with Crippen molar-refractivity contribution in [2.75, 3.05) is 31.1 Å². The lowest BCUT2D eigenvalue weighted by molar-refractivity contribution is -0.274. The van der Waals surface area contributed by atoms with Crippen molar-refractivity contribution in [3.8, 4) is 5.75 Å². The number of H-pyrrole nitrogens is 1. The summed E-state index contributed by atoms with van der Waals surface area (Å²) in [7, 11) is 0. The van der Waals surface area contributed by atoms with Gasteiger partial charge < -0.3 is 9.64 Å². The Labute approximate surface area is 144 Å². The predicted octanol–water partition coefficient (Wildman–Crippen LogP) is 3.25. The first-order chi connectivity index (χ1) is 11.8. The van der Waals surface area contributed by atoms with Crippen LogP contribution in [0, 0.1) is 13.8 Å². The number of halogens is 3. The Balaban J connectivity index is 1.54. The Kier molecular flexibility index (Phi) is 4.89. The summed E-state index contributed by atoms with van der Waals surface area (Å²) in [5.74, 6) is -0.188. The molecule has 0 atom stereocenters. The molecule has 1 aliphatic rings. The largest absolute Gasteiger partial charge is 0.573 e. The van der Waals surface area contributed by atoms with Gasteiger partial charge in [-0.15, -0.1) is 13.2 Å². The Morgan fingerprint density at radius 1 is 1.08 bits per heavy atom. The van der Waals surface area contributed by atoms with Crippen LogP contribution < -0.4 is 9.64 Å². The van der Waals surface area contributed by atoms with E-state index in [1.54, 1.807) is 12.1 Å². The van der Waals surface area contributed by atoms with Crippen LogP contribution in [-0.4, -0.2) is 47.6 Å². The van der Waals surface area contributed by atoms with Gasteiger partial charge in [0.1, 0.15) is 5.75 Å². The number of hydrogen-bond acceptors (Lipinski definition) is 4. The maximum atomic E-state index is 12.2. The van der Waals surface area contributed by atoms with Gasteiger partial charge in [-0.1, -0.05) is 12.1 Å². The minimum atomic E-state index is -4.65. The van der Waals surface area contributed by atoms with Crippen LogP contribution in [0.15, 0.2) is 24.3 Å². The van der Waals surface area contributed by atoms with E-state index in [4.69, 9.17) is 0 Å². The number of rotatable bonds is 4. The molecule has 1 saturated heterocycles. The fourth-order valence-electron chi connectivity index (χ4n) is 3.20. The Morgan fingerprint density at radius 3 is 2.24 bits per heavy atom. The van der Waals surface area contributed by atoms with Crippen LogP contribution in [0.1, 0.15) is 17.0 Å². The van der Waals surface area contributed by atoms with Crippen molar-refractivity contribution in [3.05, 3.63) is 41.2 Å². The number of aryl methyl sites for hydroxylation is 2. The van der Waals surface area contributed by atoms with Gasteiger partial charge in [-0.05, 0) is 31.5 Å². The van der Waals surface area contributed by atoms with E-state index in [9.17, 15) is 13.2 Å². The second-order valence-electron chi connectivity index (χ2n) is 6.24. The maximum Gasteiger partial charge on any atom is 0.573 e. The summed E-state index contributed by atoms with van der Waals surface area (Å²) in [6.07, 6.45) is -4.65. The van der Waals surface area contributed by atoms with Crippen LogP contribution in [0.25, 0.3) is 0 Å². The van der Waals surface area contributed by atoms with Crippen LogP contribution in [0.4, 0.5) is 18.9 Å². The lowest BCUT2D eigenvalue weighted by Crippen LogP contribution is -2.46. The van der Waals surface area contributed by atoms with E-state index in [0.29, 0.717) is 6.54 Å². The minimum Gasteiger partial charge on any atom is -0.406 e. The van der Waals surface area contributed by atoms with Gasteiger partial charge in [-0.3, -0.25) is 10.00 Å². The molecule has 0 aliphatic carbocycles. The highest BCUT2D eigenvalue weighted by molar-refractivity contribution is 5.54. The highest BCUT2D eigenvalue weighted by Crippen LogP contribution is 2.25. The van der Waals surface area contributed by atoms with Crippen molar-refractivity contribution < 1.29 is 17.9 Å². The normalized spacial score (nSPS) is 16.3. The summed E-state index contributed by atoms with van der Waals surface area (Å²) in [5, 5.41) is 7.25. The lowest BCUT2D eigenvalue weighted by atomic mass is 10.1. The number of anilines is 1. The van der Waals surface area contributed by atoms with Gasteiger partial charge in [0.2, 0.25) is 0 Å². The van der Waals surface area contributed by atoms with Crippen LogP contribution in [0.2, 0.25) is 0 Å². The quantitative estimate of drug-likeness (QED) is 0.916. The molecule has 25 heavy (non-hydrogen) atoms. The zero-order valence-corrected chi connectivity index (χ0v) is 14.2. The van der Waals surface area contributed by atoms with E-state index < -0.39 is 6.36 Å². The molecule has 1 fully saturated rings. The zero-order chi connectivity index (χ0) is 18.0. The number of hydrogen-bond donors (Lipinski definition) is 1. The molecule has 2 aromatic rings. The number of piperazine rings is 1. The summed E-state index contributed by atoms with van der Waals surface area (Å²) in [6, 6.07) is 6.07. The first-order valence-electron chi connectivity index (χ1n) is 8.15. The van der Waals surface area contributed by atoms with Gasteiger partial charge in [0.05, 0.1) is 17.1 Å². The molecule has 0 amide bonds. The molecule has 1 N–H and O–H groups in total. The van der Waals surface area contributed by atoms with E-state index >= 15 is 0 Å². The Hall–Kier alpha value is -2.22. The van der Waals surface area contributed by atoms with Crippen LogP contribution >= 0.6 is 0 Å². The summed E-state index contributed by atoms with van der Waals surface area (Å²) in [5.41, 5.74) is 4.23. The van der Waals surface area contributed by atoms with Crippen LogP contribution in [0.3, 0.4) is 0 Å². The molecule has 3 rings (SSSR count). The standard InChI is InChI=1S/C17H21F3N4O/c1-12-16(13(2)22-21-12)24-9-7-23(8-10-24)11-14-3-5-15(6-4-14)25-17(18,19)20/h3-6H,7-11H2,1-2H3,(H,21,22). The van der Waals surface area contributed by atoms with E-state index in [0.717, 1.165) is 43.1 Å². The average molecular weight is 354 g/mol. The van der Waals surface area contributed by atoms with Crippen LogP contribution in [0.5, 0.6) is 5.75 Å². The van der Waals surface area contributed by atoms with Crippen molar-refractivity contribution in [2.45, 2.75) is 26.8 Å². The smallest absolute Gasteiger partial charge is 0.406 e. The van der Waals surface area contributed by atoms with Gasteiger partial charge in [0.25, 0.3) is 0 Å². The minimum absolute atomic E-state index is 0.188. The average Bonchev–Trinajstić information content (AvgIpc) is 2.88. The monoisotopic (exact) mass is 354 g/mol. The van der Waals surface area contributed by atoms with E-state index in [-0.39, 0.29) is 5.75 Å². The number of nitrogens with one attached hydrogen (secondary N) is 1. The number of benzene rings is 1. The second kappa shape index (κ2) is 6.95. The zero-order valence-electron chi connectivity index (χ0n) is 14.2.